The fraction of sp³-hybridized carbons (Fsp3) is 0.130. The minimum absolute atomic E-state index is 0.0260. The molecule has 2 N–H and O–H groups in total. The van der Waals surface area contributed by atoms with Crippen LogP contribution in [0.1, 0.15) is 21.5 Å². The summed E-state index contributed by atoms with van der Waals surface area (Å²) >= 11 is 5.82. The number of amides is 1. The van der Waals surface area contributed by atoms with Crippen LogP contribution < -0.4 is 10.0 Å². The van der Waals surface area contributed by atoms with Gasteiger partial charge in [-0.2, -0.15) is 0 Å². The Balaban J connectivity index is 1.53. The molecule has 0 fully saturated rings. The number of nitrogens with one attached hydrogen (secondary N) is 2. The molecule has 0 saturated heterocycles. The maximum absolute atomic E-state index is 12.6. The summed E-state index contributed by atoms with van der Waals surface area (Å²) in [7, 11) is -3.83. The highest BCUT2D eigenvalue weighted by atomic mass is 35.5. The summed E-state index contributed by atoms with van der Waals surface area (Å²) in [6.07, 6.45) is 0. The summed E-state index contributed by atoms with van der Waals surface area (Å²) in [6, 6.07) is 21.5. The molecule has 0 aliphatic heterocycles. The van der Waals surface area contributed by atoms with Crippen molar-refractivity contribution in [1.82, 2.24) is 10.0 Å². The number of carbonyl (C=O) groups is 2. The molecule has 0 unspecified atom stereocenters. The van der Waals surface area contributed by atoms with E-state index in [0.29, 0.717) is 5.02 Å². The first kappa shape index (κ1) is 23.5. The Hall–Kier alpha value is -3.20. The first-order valence-electron chi connectivity index (χ1n) is 9.65. The zero-order valence-corrected chi connectivity index (χ0v) is 18.5. The van der Waals surface area contributed by atoms with Gasteiger partial charge in [-0.3, -0.25) is 4.79 Å². The van der Waals surface area contributed by atoms with E-state index in [1.54, 1.807) is 36.4 Å². The van der Waals surface area contributed by atoms with Crippen molar-refractivity contribution in [3.05, 3.63) is 101 Å². The fourth-order valence-corrected chi connectivity index (χ4v) is 3.91. The summed E-state index contributed by atoms with van der Waals surface area (Å²) in [5, 5.41) is 3.22. The number of rotatable bonds is 9. The van der Waals surface area contributed by atoms with Crippen molar-refractivity contribution in [2.45, 2.75) is 18.0 Å². The van der Waals surface area contributed by atoms with E-state index in [1.165, 1.54) is 24.3 Å². The fourth-order valence-electron chi connectivity index (χ4n) is 2.72. The number of hydrogen-bond donors (Lipinski definition) is 2. The van der Waals surface area contributed by atoms with Gasteiger partial charge >= 0.3 is 5.97 Å². The van der Waals surface area contributed by atoms with Crippen molar-refractivity contribution in [2.75, 3.05) is 6.61 Å². The summed E-state index contributed by atoms with van der Waals surface area (Å²) in [5.41, 5.74) is 1.67. The first-order chi connectivity index (χ1) is 15.3. The van der Waals surface area contributed by atoms with Crippen LogP contribution in [0.15, 0.2) is 83.8 Å². The van der Waals surface area contributed by atoms with Crippen LogP contribution in [0, 0.1) is 0 Å². The third-order valence-electron chi connectivity index (χ3n) is 4.43. The lowest BCUT2D eigenvalue weighted by Gasteiger charge is -2.09. The Morgan fingerprint density at radius 3 is 2.25 bits per heavy atom. The van der Waals surface area contributed by atoms with Crippen molar-refractivity contribution in [3.8, 4) is 0 Å². The van der Waals surface area contributed by atoms with Gasteiger partial charge in [-0.25, -0.2) is 17.9 Å². The Kier molecular flexibility index (Phi) is 7.99. The summed E-state index contributed by atoms with van der Waals surface area (Å²) in [6.45, 7) is -0.115. The molecule has 1 amide bonds. The van der Waals surface area contributed by atoms with Crippen LogP contribution in [-0.4, -0.2) is 26.9 Å². The molecule has 3 aromatic carbocycles. The summed E-state index contributed by atoms with van der Waals surface area (Å²) < 4.78 is 32.6. The van der Waals surface area contributed by atoms with Crippen LogP contribution in [0.5, 0.6) is 0 Å². The van der Waals surface area contributed by atoms with E-state index < -0.39 is 28.5 Å². The molecule has 0 radical (unpaired) electrons. The predicted octanol–water partition coefficient (Wildman–Crippen LogP) is 3.29. The van der Waals surface area contributed by atoms with Gasteiger partial charge in [-0.1, -0.05) is 60.1 Å². The normalized spacial score (nSPS) is 11.0. The smallest absolute Gasteiger partial charge is 0.338 e. The van der Waals surface area contributed by atoms with Gasteiger partial charge in [0.2, 0.25) is 10.0 Å². The maximum atomic E-state index is 12.6. The number of halogens is 1. The molecule has 32 heavy (non-hydrogen) atoms. The average molecular weight is 473 g/mol. The molecule has 166 valence electrons. The van der Waals surface area contributed by atoms with Gasteiger partial charge in [0, 0.05) is 18.1 Å². The molecular formula is C23H21ClN2O5S. The zero-order valence-electron chi connectivity index (χ0n) is 17.0. The molecule has 0 aliphatic carbocycles. The van der Waals surface area contributed by atoms with Crippen LogP contribution in [0.3, 0.4) is 0 Å². The average Bonchev–Trinajstić information content (AvgIpc) is 2.81. The van der Waals surface area contributed by atoms with E-state index in [4.69, 9.17) is 16.3 Å². The molecule has 0 atom stereocenters. The number of benzene rings is 3. The van der Waals surface area contributed by atoms with Gasteiger partial charge in [-0.15, -0.1) is 0 Å². The number of esters is 1. The number of sulfonamides is 1. The lowest BCUT2D eigenvalue weighted by molar-refractivity contribution is -0.124. The van der Waals surface area contributed by atoms with E-state index in [2.05, 4.69) is 10.0 Å². The van der Waals surface area contributed by atoms with Gasteiger partial charge in [-0.05, 0) is 41.5 Å². The van der Waals surface area contributed by atoms with Crippen molar-refractivity contribution in [1.29, 1.82) is 0 Å². The largest absolute Gasteiger partial charge is 0.452 e. The molecule has 3 rings (SSSR count). The van der Waals surface area contributed by atoms with Crippen LogP contribution in [0.4, 0.5) is 0 Å². The quantitative estimate of drug-likeness (QED) is 0.465. The summed E-state index contributed by atoms with van der Waals surface area (Å²) in [5.74, 6) is -1.28. The molecule has 0 aromatic heterocycles. The maximum Gasteiger partial charge on any atom is 0.338 e. The molecule has 9 heteroatoms. The Morgan fingerprint density at radius 1 is 0.844 bits per heavy atom. The Bertz CT molecular complexity index is 1180. The molecule has 0 bridgehead atoms. The summed E-state index contributed by atoms with van der Waals surface area (Å²) in [4.78, 5) is 24.2. The lowest BCUT2D eigenvalue weighted by atomic mass is 10.2. The number of ether oxygens (including phenoxy) is 1. The molecular weight excluding hydrogens is 452 g/mol. The van der Waals surface area contributed by atoms with Crippen LogP contribution >= 0.6 is 11.6 Å². The van der Waals surface area contributed by atoms with Crippen LogP contribution in [-0.2, 0) is 32.6 Å². The molecule has 7 nitrogen and oxygen atoms in total. The van der Waals surface area contributed by atoms with Crippen molar-refractivity contribution in [2.24, 2.45) is 0 Å². The highest BCUT2D eigenvalue weighted by Crippen LogP contribution is 2.13. The highest BCUT2D eigenvalue weighted by molar-refractivity contribution is 7.89. The van der Waals surface area contributed by atoms with E-state index in [1.807, 2.05) is 18.2 Å². The second-order valence-electron chi connectivity index (χ2n) is 6.82. The topological polar surface area (TPSA) is 102 Å². The van der Waals surface area contributed by atoms with E-state index >= 15 is 0 Å². The zero-order chi connectivity index (χ0) is 23.0. The van der Waals surface area contributed by atoms with Gasteiger partial charge in [0.25, 0.3) is 5.91 Å². The van der Waals surface area contributed by atoms with E-state index in [9.17, 15) is 18.0 Å². The van der Waals surface area contributed by atoms with E-state index in [0.717, 1.165) is 11.1 Å². The van der Waals surface area contributed by atoms with Crippen LogP contribution in [0.2, 0.25) is 5.02 Å². The molecule has 0 heterocycles. The molecule has 3 aromatic rings. The minimum atomic E-state index is -3.83. The monoisotopic (exact) mass is 472 g/mol. The van der Waals surface area contributed by atoms with Crippen molar-refractivity contribution < 1.29 is 22.7 Å². The van der Waals surface area contributed by atoms with E-state index in [-0.39, 0.29) is 23.5 Å². The second-order valence-corrected chi connectivity index (χ2v) is 9.02. The van der Waals surface area contributed by atoms with Gasteiger partial charge in [0.1, 0.15) is 0 Å². The molecule has 0 spiro atoms. The standard InChI is InChI=1S/C23H21ClN2O5S/c24-20-11-9-18(10-12-20)14-25-22(27)16-31-23(28)19-7-4-8-21(13-19)32(29,30)26-15-17-5-2-1-3-6-17/h1-13,26H,14-16H2,(H,25,27). The van der Waals surface area contributed by atoms with Crippen molar-refractivity contribution in [3.63, 3.8) is 0 Å². The highest BCUT2D eigenvalue weighted by Gasteiger charge is 2.17. The van der Waals surface area contributed by atoms with Gasteiger partial charge < -0.3 is 10.1 Å². The van der Waals surface area contributed by atoms with Crippen molar-refractivity contribution >= 4 is 33.5 Å². The lowest BCUT2D eigenvalue weighted by Crippen LogP contribution is -2.28. The second kappa shape index (κ2) is 10.9. The molecule has 0 aliphatic rings. The first-order valence-corrected chi connectivity index (χ1v) is 11.5. The van der Waals surface area contributed by atoms with Gasteiger partial charge in [0.05, 0.1) is 10.5 Å². The third kappa shape index (κ3) is 6.91. The van der Waals surface area contributed by atoms with Gasteiger partial charge in [0.15, 0.2) is 6.61 Å². The Morgan fingerprint density at radius 2 is 1.53 bits per heavy atom. The third-order valence-corrected chi connectivity index (χ3v) is 6.08. The number of carbonyl (C=O) groups excluding carboxylic acids is 2. The SMILES string of the molecule is O=C(COC(=O)c1cccc(S(=O)(=O)NCc2ccccc2)c1)NCc1ccc(Cl)cc1. The minimum Gasteiger partial charge on any atom is -0.452 e. The number of hydrogen-bond acceptors (Lipinski definition) is 5. The molecule has 0 saturated carbocycles. The Labute approximate surface area is 191 Å². The van der Waals surface area contributed by atoms with Crippen LogP contribution in [0.25, 0.3) is 0 Å². The predicted molar refractivity (Wildman–Crippen MR) is 120 cm³/mol.